The second kappa shape index (κ2) is 6.93. The Kier molecular flexibility index (Phi) is 5.37. The first-order valence-corrected chi connectivity index (χ1v) is 9.05. The van der Waals surface area contributed by atoms with Crippen LogP contribution in [0.1, 0.15) is 18.4 Å². The van der Waals surface area contributed by atoms with E-state index in [0.29, 0.717) is 6.42 Å². The van der Waals surface area contributed by atoms with Crippen LogP contribution in [0.4, 0.5) is 0 Å². The molecule has 1 fully saturated rings. The molecule has 1 aromatic rings. The maximum atomic E-state index is 11.7. The van der Waals surface area contributed by atoms with Gasteiger partial charge in [0, 0.05) is 3.57 Å². The van der Waals surface area contributed by atoms with Crippen LogP contribution in [-0.2, 0) is 35.8 Å². The molecule has 2 amide bonds. The van der Waals surface area contributed by atoms with Gasteiger partial charge in [-0.05, 0) is 46.7 Å². The Bertz CT molecular complexity index is 744. The minimum atomic E-state index is -4.72. The molecule has 1 heterocycles. The number of carbonyl (C=O) groups excluding carboxylic acids is 3. The predicted octanol–water partition coefficient (Wildman–Crippen LogP) is 0.697. The van der Waals surface area contributed by atoms with Crippen molar-refractivity contribution in [3.05, 3.63) is 33.4 Å². The SMILES string of the molecule is O=C(CCc1ccc([124I])cc1)ON1C(=O)CC(S(=O)(=O)O)C1=O. The maximum Gasteiger partial charge on any atom is 0.333 e. The number of hydroxylamine groups is 2. The van der Waals surface area contributed by atoms with Gasteiger partial charge in [-0.15, -0.1) is 5.06 Å². The van der Waals surface area contributed by atoms with Gasteiger partial charge >= 0.3 is 5.97 Å². The van der Waals surface area contributed by atoms with E-state index in [1.165, 1.54) is 0 Å². The second-order valence-corrected chi connectivity index (χ2v) is 7.67. The lowest BCUT2D eigenvalue weighted by atomic mass is 10.1. The summed E-state index contributed by atoms with van der Waals surface area (Å²) in [4.78, 5) is 39.6. The highest BCUT2D eigenvalue weighted by molar-refractivity contribution is 14.1. The summed E-state index contributed by atoms with van der Waals surface area (Å²) in [6, 6.07) is 7.39. The molecule has 8 nitrogen and oxygen atoms in total. The average molecular weight is 450 g/mol. The fraction of sp³-hybridized carbons (Fsp3) is 0.308. The molecule has 1 aliphatic heterocycles. The number of hydrogen-bond acceptors (Lipinski definition) is 6. The lowest BCUT2D eigenvalue weighted by Gasteiger charge is -2.13. The van der Waals surface area contributed by atoms with Crippen molar-refractivity contribution in [1.29, 1.82) is 0 Å². The summed E-state index contributed by atoms with van der Waals surface area (Å²) in [5, 5.41) is -1.81. The summed E-state index contributed by atoms with van der Waals surface area (Å²) in [7, 11) is -4.72. The zero-order chi connectivity index (χ0) is 17.2. The minimum absolute atomic E-state index is 0.0891. The van der Waals surface area contributed by atoms with Crippen LogP contribution in [0.25, 0.3) is 0 Å². The Morgan fingerprint density at radius 1 is 1.30 bits per heavy atom. The van der Waals surface area contributed by atoms with Crippen LogP contribution < -0.4 is 0 Å². The monoisotopic (exact) mass is 450 g/mol. The third kappa shape index (κ3) is 4.48. The molecular formula is C13H12INO7S. The van der Waals surface area contributed by atoms with Crippen LogP contribution in [0.2, 0.25) is 0 Å². The van der Waals surface area contributed by atoms with E-state index in [1.54, 1.807) is 0 Å². The molecule has 2 rings (SSSR count). The van der Waals surface area contributed by atoms with Crippen molar-refractivity contribution in [3.63, 3.8) is 0 Å². The molecule has 124 valence electrons. The van der Waals surface area contributed by atoms with Gasteiger partial charge in [0.1, 0.15) is 0 Å². The number of benzene rings is 1. The van der Waals surface area contributed by atoms with Crippen molar-refractivity contribution in [1.82, 2.24) is 5.06 Å². The normalized spacial score (nSPS) is 18.3. The highest BCUT2D eigenvalue weighted by atomic mass is 124. The number of nitrogens with zero attached hydrogens (tertiary/aromatic N) is 1. The summed E-state index contributed by atoms with van der Waals surface area (Å²) in [6.45, 7) is 0. The quantitative estimate of drug-likeness (QED) is 0.399. The number of amides is 2. The van der Waals surface area contributed by atoms with E-state index in [2.05, 4.69) is 27.4 Å². The molecule has 1 aliphatic rings. The summed E-state index contributed by atoms with van der Waals surface area (Å²) in [6.07, 6.45) is -0.496. The molecule has 0 radical (unpaired) electrons. The van der Waals surface area contributed by atoms with E-state index in [1.807, 2.05) is 24.3 Å². The van der Waals surface area contributed by atoms with Gasteiger partial charge in [0.15, 0.2) is 5.25 Å². The lowest BCUT2D eigenvalue weighted by Crippen LogP contribution is -2.36. The van der Waals surface area contributed by atoms with Gasteiger partial charge in [0.05, 0.1) is 12.8 Å². The van der Waals surface area contributed by atoms with E-state index in [9.17, 15) is 22.8 Å². The Hall–Kier alpha value is -1.53. The zero-order valence-corrected chi connectivity index (χ0v) is 14.6. The Balaban J connectivity index is 1.93. The van der Waals surface area contributed by atoms with E-state index < -0.39 is 39.6 Å². The Morgan fingerprint density at radius 3 is 2.43 bits per heavy atom. The third-order valence-corrected chi connectivity index (χ3v) is 4.95. The average Bonchev–Trinajstić information content (AvgIpc) is 2.75. The largest absolute Gasteiger partial charge is 0.333 e. The number of hydrogen-bond donors (Lipinski definition) is 1. The Labute approximate surface area is 145 Å². The van der Waals surface area contributed by atoms with Crippen LogP contribution in [0, 0.1) is 3.57 Å². The number of aryl methyl sites for hydroxylation is 1. The van der Waals surface area contributed by atoms with Crippen molar-refractivity contribution in [2.24, 2.45) is 0 Å². The summed E-state index contributed by atoms with van der Waals surface area (Å²) >= 11 is 2.14. The van der Waals surface area contributed by atoms with E-state index in [4.69, 9.17) is 4.55 Å². The van der Waals surface area contributed by atoms with Crippen molar-refractivity contribution >= 4 is 50.5 Å². The number of imide groups is 1. The molecule has 0 spiro atoms. The van der Waals surface area contributed by atoms with Gasteiger partial charge in [-0.25, -0.2) is 4.79 Å². The van der Waals surface area contributed by atoms with Crippen molar-refractivity contribution in [3.8, 4) is 0 Å². The molecular weight excluding hydrogens is 438 g/mol. The molecule has 1 N–H and O–H groups in total. The summed E-state index contributed by atoms with van der Waals surface area (Å²) in [5.41, 5.74) is 0.872. The van der Waals surface area contributed by atoms with Gasteiger partial charge in [-0.1, -0.05) is 12.1 Å². The molecule has 23 heavy (non-hydrogen) atoms. The second-order valence-electron chi connectivity index (χ2n) is 4.82. The van der Waals surface area contributed by atoms with Crippen molar-refractivity contribution in [2.45, 2.75) is 24.5 Å². The van der Waals surface area contributed by atoms with Crippen molar-refractivity contribution < 1.29 is 32.2 Å². The summed E-state index contributed by atoms with van der Waals surface area (Å²) < 4.78 is 31.9. The Morgan fingerprint density at radius 2 is 1.91 bits per heavy atom. The fourth-order valence-corrected chi connectivity index (χ4v) is 3.02. The first-order chi connectivity index (χ1) is 10.7. The van der Waals surface area contributed by atoms with Crippen LogP contribution in [-0.4, -0.2) is 41.1 Å². The van der Waals surface area contributed by atoms with Gasteiger partial charge in [-0.2, -0.15) is 8.42 Å². The highest BCUT2D eigenvalue weighted by Crippen LogP contribution is 2.20. The minimum Gasteiger partial charge on any atom is -0.330 e. The molecule has 1 unspecified atom stereocenters. The number of rotatable bonds is 5. The maximum absolute atomic E-state index is 11.7. The summed E-state index contributed by atoms with van der Waals surface area (Å²) in [5.74, 6) is -3.10. The molecule has 0 aliphatic carbocycles. The van der Waals surface area contributed by atoms with Gasteiger partial charge in [0.25, 0.3) is 21.9 Å². The van der Waals surface area contributed by atoms with Gasteiger partial charge in [-0.3, -0.25) is 14.1 Å². The van der Waals surface area contributed by atoms with Crippen molar-refractivity contribution in [2.75, 3.05) is 0 Å². The lowest BCUT2D eigenvalue weighted by molar-refractivity contribution is -0.197. The number of halogens is 1. The molecule has 1 saturated heterocycles. The standard InChI is InChI=1S/C13H12INO7S/c14-9-4-1-8(2-5-9)3-6-12(17)22-15-11(16)7-10(13(15)18)23(19,20)21/h1-2,4-5,10H,3,6-7H2,(H,19,20,21)/i14-3. The van der Waals surface area contributed by atoms with Crippen LogP contribution in [0.5, 0.6) is 0 Å². The molecule has 10 heteroatoms. The zero-order valence-electron chi connectivity index (χ0n) is 11.6. The predicted molar refractivity (Wildman–Crippen MR) is 85.4 cm³/mol. The van der Waals surface area contributed by atoms with Crippen LogP contribution in [0.3, 0.4) is 0 Å². The van der Waals surface area contributed by atoms with E-state index in [-0.39, 0.29) is 11.5 Å². The van der Waals surface area contributed by atoms with Gasteiger partial charge in [0.2, 0.25) is 0 Å². The molecule has 0 aromatic heterocycles. The first kappa shape index (κ1) is 17.8. The molecule has 0 saturated carbocycles. The smallest absolute Gasteiger partial charge is 0.330 e. The first-order valence-electron chi connectivity index (χ1n) is 6.47. The molecule has 0 bridgehead atoms. The fourth-order valence-electron chi connectivity index (χ4n) is 1.96. The van der Waals surface area contributed by atoms with Gasteiger partial charge < -0.3 is 4.84 Å². The topological polar surface area (TPSA) is 118 Å². The van der Waals surface area contributed by atoms with E-state index >= 15 is 0 Å². The van der Waals surface area contributed by atoms with Crippen LogP contribution >= 0.6 is 22.6 Å². The third-order valence-electron chi connectivity index (χ3n) is 3.15. The van der Waals surface area contributed by atoms with Crippen LogP contribution in [0.15, 0.2) is 24.3 Å². The molecule has 1 atom stereocenters. The molecule has 1 aromatic carbocycles. The van der Waals surface area contributed by atoms with E-state index in [0.717, 1.165) is 9.13 Å². The number of carbonyl (C=O) groups is 3. The highest BCUT2D eigenvalue weighted by Gasteiger charge is 2.48.